The van der Waals surface area contributed by atoms with Crippen molar-refractivity contribution in [3.63, 3.8) is 0 Å². The van der Waals surface area contributed by atoms with Crippen molar-refractivity contribution in [3.8, 4) is 5.75 Å². The zero-order chi connectivity index (χ0) is 31.3. The van der Waals surface area contributed by atoms with Gasteiger partial charge in [0.15, 0.2) is 5.82 Å². The zero-order valence-electron chi connectivity index (χ0n) is 25.2. The predicted molar refractivity (Wildman–Crippen MR) is 172 cm³/mol. The SMILES string of the molecule is C=CC(=O)Nc1cc(Nc2cc(N3OCCC3c3cccc(F)c3Cl)ncn2)c(OC)cc1N1CCC(N2CCOCC2)CC1. The van der Waals surface area contributed by atoms with Crippen LogP contribution in [0.3, 0.4) is 0 Å². The fourth-order valence-electron chi connectivity index (χ4n) is 6.22. The molecule has 0 saturated carbocycles. The molecule has 2 N–H and O–H groups in total. The van der Waals surface area contributed by atoms with Gasteiger partial charge in [-0.15, -0.1) is 0 Å². The molecule has 0 bridgehead atoms. The van der Waals surface area contributed by atoms with Gasteiger partial charge in [0.1, 0.15) is 23.7 Å². The normalized spacial score (nSPS) is 19.4. The number of carbonyl (C=O) groups excluding carboxylic acids is 1. The van der Waals surface area contributed by atoms with Gasteiger partial charge in [0, 0.05) is 50.8 Å². The van der Waals surface area contributed by atoms with Crippen LogP contribution in [0, 0.1) is 5.82 Å². The summed E-state index contributed by atoms with van der Waals surface area (Å²) in [5.74, 6) is 0.738. The van der Waals surface area contributed by atoms with Crippen LogP contribution in [0.1, 0.15) is 30.9 Å². The Hall–Kier alpha value is -3.97. The highest BCUT2D eigenvalue weighted by atomic mass is 35.5. The lowest BCUT2D eigenvalue weighted by Gasteiger charge is -2.41. The van der Waals surface area contributed by atoms with Gasteiger partial charge in [-0.3, -0.25) is 14.5 Å². The van der Waals surface area contributed by atoms with Gasteiger partial charge in [-0.2, -0.15) is 0 Å². The number of rotatable bonds is 9. The summed E-state index contributed by atoms with van der Waals surface area (Å²) >= 11 is 6.31. The molecule has 3 aliphatic heterocycles. The molecule has 3 fully saturated rings. The maximum Gasteiger partial charge on any atom is 0.247 e. The van der Waals surface area contributed by atoms with Crippen molar-refractivity contribution in [2.45, 2.75) is 31.3 Å². The Morgan fingerprint density at radius 2 is 1.89 bits per heavy atom. The number of aromatic nitrogens is 2. The smallest absolute Gasteiger partial charge is 0.247 e. The van der Waals surface area contributed by atoms with Gasteiger partial charge in [-0.1, -0.05) is 30.3 Å². The average Bonchev–Trinajstić information content (AvgIpc) is 3.57. The molecule has 0 aliphatic carbocycles. The van der Waals surface area contributed by atoms with Crippen LogP contribution in [-0.4, -0.2) is 79.9 Å². The highest BCUT2D eigenvalue weighted by Gasteiger charge is 2.32. The highest BCUT2D eigenvalue weighted by molar-refractivity contribution is 6.31. The summed E-state index contributed by atoms with van der Waals surface area (Å²) in [6, 6.07) is 10.4. The first kappa shape index (κ1) is 31.0. The van der Waals surface area contributed by atoms with Crippen LogP contribution in [0.4, 0.5) is 33.1 Å². The molecule has 3 aliphatic rings. The molecule has 1 aromatic heterocycles. The largest absolute Gasteiger partial charge is 0.494 e. The number of nitrogens with zero attached hydrogens (tertiary/aromatic N) is 5. The molecule has 238 valence electrons. The number of hydrogen-bond acceptors (Lipinski definition) is 10. The van der Waals surface area contributed by atoms with E-state index in [0.29, 0.717) is 53.4 Å². The van der Waals surface area contributed by atoms with Crippen molar-refractivity contribution >= 4 is 46.2 Å². The minimum Gasteiger partial charge on any atom is -0.494 e. The Kier molecular flexibility index (Phi) is 9.64. The number of hydrogen-bond donors (Lipinski definition) is 2. The molecule has 11 nitrogen and oxygen atoms in total. The number of hydroxylamine groups is 1. The van der Waals surface area contributed by atoms with E-state index in [1.54, 1.807) is 30.4 Å². The summed E-state index contributed by atoms with van der Waals surface area (Å²) in [5, 5.41) is 7.98. The van der Waals surface area contributed by atoms with Gasteiger partial charge in [0.25, 0.3) is 0 Å². The van der Waals surface area contributed by atoms with E-state index in [-0.39, 0.29) is 17.0 Å². The van der Waals surface area contributed by atoms with Crippen molar-refractivity contribution < 1.29 is 23.5 Å². The van der Waals surface area contributed by atoms with Crippen molar-refractivity contribution in [1.82, 2.24) is 14.9 Å². The van der Waals surface area contributed by atoms with Gasteiger partial charge >= 0.3 is 0 Å². The van der Waals surface area contributed by atoms with E-state index in [1.807, 2.05) is 12.1 Å². The van der Waals surface area contributed by atoms with E-state index < -0.39 is 5.82 Å². The van der Waals surface area contributed by atoms with Crippen LogP contribution in [0.2, 0.25) is 5.02 Å². The summed E-state index contributed by atoms with van der Waals surface area (Å²) in [7, 11) is 1.60. The second kappa shape index (κ2) is 14.0. The molecule has 6 rings (SSSR count). The molecule has 0 radical (unpaired) electrons. The quantitative estimate of drug-likeness (QED) is 0.299. The van der Waals surface area contributed by atoms with Crippen LogP contribution in [0.5, 0.6) is 5.75 Å². The van der Waals surface area contributed by atoms with Gasteiger partial charge in [0.05, 0.1) is 55.1 Å². The van der Waals surface area contributed by atoms with E-state index in [4.69, 9.17) is 25.9 Å². The van der Waals surface area contributed by atoms with E-state index in [9.17, 15) is 9.18 Å². The molecule has 1 amide bonds. The lowest BCUT2D eigenvalue weighted by Crippen LogP contribution is -2.49. The third-order valence-corrected chi connectivity index (χ3v) is 8.91. The summed E-state index contributed by atoms with van der Waals surface area (Å²) in [6.45, 7) is 9.24. The second-order valence-corrected chi connectivity index (χ2v) is 11.5. The van der Waals surface area contributed by atoms with Crippen LogP contribution >= 0.6 is 11.6 Å². The number of benzene rings is 2. The second-order valence-electron chi connectivity index (χ2n) is 11.1. The van der Waals surface area contributed by atoms with Crippen molar-refractivity contribution in [2.24, 2.45) is 0 Å². The maximum absolute atomic E-state index is 14.2. The minimum absolute atomic E-state index is 0.0645. The average molecular weight is 638 g/mol. The number of amides is 1. The summed E-state index contributed by atoms with van der Waals surface area (Å²) in [5.41, 5.74) is 2.72. The molecule has 0 spiro atoms. The fourth-order valence-corrected chi connectivity index (χ4v) is 6.48. The molecule has 1 unspecified atom stereocenters. The molecule has 3 aromatic rings. The Labute approximate surface area is 266 Å². The highest BCUT2D eigenvalue weighted by Crippen LogP contribution is 2.41. The third-order valence-electron chi connectivity index (χ3n) is 8.51. The first-order chi connectivity index (χ1) is 21.9. The number of halogens is 2. The van der Waals surface area contributed by atoms with Crippen LogP contribution in [0.15, 0.2) is 55.4 Å². The molecule has 1 atom stereocenters. The number of ether oxygens (including phenoxy) is 2. The van der Waals surface area contributed by atoms with Gasteiger partial charge in [-0.25, -0.2) is 19.4 Å². The number of methoxy groups -OCH3 is 1. The van der Waals surface area contributed by atoms with Crippen LogP contribution in [0.25, 0.3) is 0 Å². The van der Waals surface area contributed by atoms with E-state index in [0.717, 1.165) is 57.9 Å². The number of piperidine rings is 1. The number of anilines is 5. The minimum atomic E-state index is -0.484. The van der Waals surface area contributed by atoms with E-state index >= 15 is 0 Å². The van der Waals surface area contributed by atoms with Crippen LogP contribution in [-0.2, 0) is 14.4 Å². The zero-order valence-corrected chi connectivity index (χ0v) is 25.9. The Bertz CT molecular complexity index is 1530. The summed E-state index contributed by atoms with van der Waals surface area (Å²) in [6.07, 6.45) is 5.31. The molecule has 13 heteroatoms. The molecule has 4 heterocycles. The fraction of sp³-hybridized carbons (Fsp3) is 0.406. The van der Waals surface area contributed by atoms with E-state index in [1.165, 1.54) is 18.5 Å². The number of carbonyl (C=O) groups is 1. The van der Waals surface area contributed by atoms with Gasteiger partial charge in [0.2, 0.25) is 5.91 Å². The summed E-state index contributed by atoms with van der Waals surface area (Å²) < 4.78 is 25.6. The first-order valence-electron chi connectivity index (χ1n) is 15.1. The number of morpholine rings is 1. The topological polar surface area (TPSA) is 104 Å². The standard InChI is InChI=1S/C32H37ClFN7O4/c1-3-31(42)38-24-17-25(28(43-2)18-27(24)40-10-7-21(8-11-40)39-12-15-44-16-13-39)37-29-19-30(36-20-35-29)41-26(9-14-45-41)22-5-4-6-23(34)32(22)33/h3-6,17-21,26H,1,7-16H2,2H3,(H,38,42)(H,35,36,37). The molecular formula is C32H37ClFN7O4. The molecule has 2 aromatic carbocycles. The Morgan fingerprint density at radius 1 is 1.09 bits per heavy atom. The maximum atomic E-state index is 14.2. The summed E-state index contributed by atoms with van der Waals surface area (Å²) in [4.78, 5) is 32.0. The monoisotopic (exact) mass is 637 g/mol. The van der Waals surface area contributed by atoms with Crippen molar-refractivity contribution in [3.05, 3.63) is 71.8 Å². The lowest BCUT2D eigenvalue weighted by atomic mass is 10.0. The van der Waals surface area contributed by atoms with Gasteiger partial charge < -0.3 is 25.0 Å². The third kappa shape index (κ3) is 6.84. The van der Waals surface area contributed by atoms with Crippen molar-refractivity contribution in [1.29, 1.82) is 0 Å². The molecule has 45 heavy (non-hydrogen) atoms. The van der Waals surface area contributed by atoms with Crippen molar-refractivity contribution in [2.75, 3.05) is 73.7 Å². The molecular weight excluding hydrogens is 601 g/mol. The predicted octanol–water partition coefficient (Wildman–Crippen LogP) is 5.33. The van der Waals surface area contributed by atoms with E-state index in [2.05, 4.69) is 37.0 Å². The lowest BCUT2D eigenvalue weighted by molar-refractivity contribution is -0.111. The Morgan fingerprint density at radius 3 is 2.64 bits per heavy atom. The Balaban J connectivity index is 1.24. The molecule has 3 saturated heterocycles. The number of nitrogens with one attached hydrogen (secondary N) is 2. The first-order valence-corrected chi connectivity index (χ1v) is 15.5. The van der Waals surface area contributed by atoms with Crippen LogP contribution < -0.4 is 25.3 Å². The van der Waals surface area contributed by atoms with Gasteiger partial charge in [-0.05, 0) is 36.6 Å².